The van der Waals surface area contributed by atoms with Gasteiger partial charge in [0.05, 0.1) is 6.10 Å². The molecule has 4 heteroatoms. The van der Waals surface area contributed by atoms with Gasteiger partial charge in [-0.2, -0.15) is 0 Å². The molecule has 1 unspecified atom stereocenters. The number of hydrogen-bond acceptors (Lipinski definition) is 2. The molecule has 4 nitrogen and oxygen atoms in total. The van der Waals surface area contributed by atoms with Crippen molar-refractivity contribution in [2.75, 3.05) is 6.54 Å². The van der Waals surface area contributed by atoms with Crippen LogP contribution in [0.25, 0.3) is 10.9 Å². The van der Waals surface area contributed by atoms with Gasteiger partial charge in [-0.3, -0.25) is 4.79 Å². The fourth-order valence-electron chi connectivity index (χ4n) is 2.68. The average molecular weight is 308 g/mol. The first-order valence-corrected chi connectivity index (χ1v) is 7.77. The highest BCUT2D eigenvalue weighted by molar-refractivity contribution is 5.83. The highest BCUT2D eigenvalue weighted by Gasteiger charge is 2.09. The molecule has 0 saturated carbocycles. The lowest BCUT2D eigenvalue weighted by atomic mass is 10.1. The summed E-state index contributed by atoms with van der Waals surface area (Å²) in [6, 6.07) is 19.5. The van der Waals surface area contributed by atoms with Crippen molar-refractivity contribution in [2.24, 2.45) is 0 Å². The van der Waals surface area contributed by atoms with Crippen molar-refractivity contribution in [3.63, 3.8) is 0 Å². The van der Waals surface area contributed by atoms with E-state index in [0.717, 1.165) is 16.5 Å². The second-order valence-corrected chi connectivity index (χ2v) is 5.57. The molecule has 1 atom stereocenters. The minimum Gasteiger partial charge on any atom is -0.388 e. The van der Waals surface area contributed by atoms with Crippen LogP contribution in [0, 0.1) is 0 Å². The van der Waals surface area contributed by atoms with E-state index in [1.165, 1.54) is 0 Å². The lowest BCUT2D eigenvalue weighted by Gasteiger charge is -2.12. The predicted molar refractivity (Wildman–Crippen MR) is 91.0 cm³/mol. The molecule has 3 aromatic rings. The summed E-state index contributed by atoms with van der Waals surface area (Å²) in [7, 11) is 0. The average Bonchev–Trinajstić information content (AvgIpc) is 2.99. The molecule has 0 bridgehead atoms. The summed E-state index contributed by atoms with van der Waals surface area (Å²) in [5.74, 6) is -0.0494. The maximum Gasteiger partial charge on any atom is 0.239 e. The topological polar surface area (TPSA) is 54.3 Å². The number of amides is 1. The number of fused-ring (bicyclic) bond motifs is 1. The molecule has 3 rings (SSSR count). The molecule has 1 aromatic heterocycles. The zero-order valence-electron chi connectivity index (χ0n) is 12.9. The molecule has 0 spiro atoms. The van der Waals surface area contributed by atoms with Crippen LogP contribution in [-0.4, -0.2) is 22.1 Å². The smallest absolute Gasteiger partial charge is 0.239 e. The van der Waals surface area contributed by atoms with Crippen molar-refractivity contribution in [1.29, 1.82) is 0 Å². The zero-order chi connectivity index (χ0) is 16.1. The normalized spacial score (nSPS) is 12.2. The zero-order valence-corrected chi connectivity index (χ0v) is 12.9. The van der Waals surface area contributed by atoms with Crippen LogP contribution >= 0.6 is 0 Å². The molecule has 2 aromatic carbocycles. The SMILES string of the molecule is O=C(Cn1ccc2ccccc21)NCCC(O)c1ccccc1. The Balaban J connectivity index is 1.50. The van der Waals surface area contributed by atoms with Crippen LogP contribution in [0.1, 0.15) is 18.1 Å². The molecule has 0 aliphatic heterocycles. The summed E-state index contributed by atoms with van der Waals surface area (Å²) in [6.45, 7) is 0.739. The summed E-state index contributed by atoms with van der Waals surface area (Å²) >= 11 is 0. The summed E-state index contributed by atoms with van der Waals surface area (Å²) in [5.41, 5.74) is 1.92. The Labute approximate surface area is 135 Å². The molecule has 1 heterocycles. The Hall–Kier alpha value is -2.59. The highest BCUT2D eigenvalue weighted by atomic mass is 16.3. The number of nitrogens with one attached hydrogen (secondary N) is 1. The van der Waals surface area contributed by atoms with Crippen LogP contribution in [0.5, 0.6) is 0 Å². The van der Waals surface area contributed by atoms with Crippen LogP contribution in [0.15, 0.2) is 66.9 Å². The Bertz CT molecular complexity index is 780. The minimum atomic E-state index is -0.552. The third-order valence-electron chi connectivity index (χ3n) is 3.92. The molecule has 0 radical (unpaired) electrons. The maximum atomic E-state index is 12.1. The first kappa shape index (κ1) is 15.3. The van der Waals surface area contributed by atoms with Gasteiger partial charge in [0.15, 0.2) is 0 Å². The molecule has 0 aliphatic carbocycles. The van der Waals surface area contributed by atoms with Gasteiger partial charge in [-0.05, 0) is 29.5 Å². The maximum absolute atomic E-state index is 12.1. The van der Waals surface area contributed by atoms with E-state index in [9.17, 15) is 9.90 Å². The van der Waals surface area contributed by atoms with Gasteiger partial charge in [0, 0.05) is 18.3 Å². The number of aliphatic hydroxyl groups is 1. The van der Waals surface area contributed by atoms with Gasteiger partial charge in [-0.1, -0.05) is 48.5 Å². The lowest BCUT2D eigenvalue weighted by Crippen LogP contribution is -2.29. The van der Waals surface area contributed by atoms with Crippen LogP contribution in [-0.2, 0) is 11.3 Å². The third-order valence-corrected chi connectivity index (χ3v) is 3.92. The van der Waals surface area contributed by atoms with Crippen molar-refractivity contribution in [3.8, 4) is 0 Å². The number of aliphatic hydroxyl groups excluding tert-OH is 1. The van der Waals surface area contributed by atoms with Crippen molar-refractivity contribution in [1.82, 2.24) is 9.88 Å². The van der Waals surface area contributed by atoms with Gasteiger partial charge >= 0.3 is 0 Å². The Morgan fingerprint density at radius 3 is 2.61 bits per heavy atom. The molecule has 118 valence electrons. The number of carbonyl (C=O) groups is 1. The molecule has 23 heavy (non-hydrogen) atoms. The minimum absolute atomic E-state index is 0.0494. The van der Waals surface area contributed by atoms with E-state index in [1.54, 1.807) is 0 Å². The van der Waals surface area contributed by atoms with E-state index < -0.39 is 6.10 Å². The quantitative estimate of drug-likeness (QED) is 0.735. The van der Waals surface area contributed by atoms with Gasteiger partial charge in [-0.15, -0.1) is 0 Å². The Kier molecular flexibility index (Phi) is 4.74. The number of benzene rings is 2. The van der Waals surface area contributed by atoms with Crippen LogP contribution in [0.4, 0.5) is 0 Å². The number of aromatic nitrogens is 1. The van der Waals surface area contributed by atoms with Crippen molar-refractivity contribution in [3.05, 3.63) is 72.4 Å². The largest absolute Gasteiger partial charge is 0.388 e. The number of carbonyl (C=O) groups excluding carboxylic acids is 1. The Morgan fingerprint density at radius 2 is 1.78 bits per heavy atom. The van der Waals surface area contributed by atoms with Crippen molar-refractivity contribution in [2.45, 2.75) is 19.1 Å². The van der Waals surface area contributed by atoms with Gasteiger partial charge in [-0.25, -0.2) is 0 Å². The van der Waals surface area contributed by atoms with E-state index in [4.69, 9.17) is 0 Å². The number of nitrogens with zero attached hydrogens (tertiary/aromatic N) is 1. The van der Waals surface area contributed by atoms with Gasteiger partial charge in [0.1, 0.15) is 6.54 Å². The van der Waals surface area contributed by atoms with Gasteiger partial charge in [0.25, 0.3) is 0 Å². The Morgan fingerprint density at radius 1 is 1.04 bits per heavy atom. The van der Waals surface area contributed by atoms with Crippen LogP contribution in [0.2, 0.25) is 0 Å². The van der Waals surface area contributed by atoms with Crippen LogP contribution < -0.4 is 5.32 Å². The molecule has 1 amide bonds. The summed E-state index contributed by atoms with van der Waals surface area (Å²) in [4.78, 5) is 12.1. The number of hydrogen-bond donors (Lipinski definition) is 2. The number of para-hydroxylation sites is 1. The molecule has 2 N–H and O–H groups in total. The summed E-state index contributed by atoms with van der Waals surface area (Å²) in [5, 5.41) is 14.1. The van der Waals surface area contributed by atoms with Gasteiger partial charge < -0.3 is 15.0 Å². The molecular weight excluding hydrogens is 288 g/mol. The van der Waals surface area contributed by atoms with E-state index in [2.05, 4.69) is 5.32 Å². The lowest BCUT2D eigenvalue weighted by molar-refractivity contribution is -0.121. The van der Waals surface area contributed by atoms with Crippen LogP contribution in [0.3, 0.4) is 0 Å². The summed E-state index contributed by atoms with van der Waals surface area (Å²) in [6.07, 6.45) is 1.87. The first-order chi connectivity index (χ1) is 11.2. The number of rotatable bonds is 6. The van der Waals surface area contributed by atoms with Crippen molar-refractivity contribution >= 4 is 16.8 Å². The predicted octanol–water partition coefficient (Wildman–Crippen LogP) is 2.88. The highest BCUT2D eigenvalue weighted by Crippen LogP contribution is 2.16. The fraction of sp³-hybridized carbons (Fsp3) is 0.211. The molecular formula is C19H20N2O2. The van der Waals surface area contributed by atoms with E-state index in [0.29, 0.717) is 13.0 Å². The first-order valence-electron chi connectivity index (χ1n) is 7.77. The molecule has 0 saturated heterocycles. The van der Waals surface area contributed by atoms with Crippen molar-refractivity contribution < 1.29 is 9.90 Å². The molecule has 0 aliphatic rings. The molecule has 0 fully saturated rings. The summed E-state index contributed by atoms with van der Waals surface area (Å²) < 4.78 is 1.93. The monoisotopic (exact) mass is 308 g/mol. The fourth-order valence-corrected chi connectivity index (χ4v) is 2.68. The van der Waals surface area contributed by atoms with Gasteiger partial charge in [0.2, 0.25) is 5.91 Å². The third kappa shape index (κ3) is 3.79. The second-order valence-electron chi connectivity index (χ2n) is 5.57. The van der Waals surface area contributed by atoms with E-state index in [-0.39, 0.29) is 12.5 Å². The van der Waals surface area contributed by atoms with E-state index in [1.807, 2.05) is 71.4 Å². The standard InChI is InChI=1S/C19H20N2O2/c22-18(16-7-2-1-3-8-16)10-12-20-19(23)14-21-13-11-15-6-4-5-9-17(15)21/h1-9,11,13,18,22H,10,12,14H2,(H,20,23). The van der Waals surface area contributed by atoms with E-state index >= 15 is 0 Å². The second kappa shape index (κ2) is 7.11.